The Kier molecular flexibility index (Phi) is 15.7. The zero-order valence-electron chi connectivity index (χ0n) is 23.1. The van der Waals surface area contributed by atoms with Gasteiger partial charge in [-0.3, -0.25) is 0 Å². The molecule has 0 amide bonds. The third-order valence-electron chi connectivity index (χ3n) is 8.01. The van der Waals surface area contributed by atoms with E-state index in [9.17, 15) is 0 Å². The summed E-state index contributed by atoms with van der Waals surface area (Å²) in [5.41, 5.74) is 9.90. The Labute approximate surface area is 251 Å². The van der Waals surface area contributed by atoms with Gasteiger partial charge in [0.1, 0.15) is 0 Å². The first-order chi connectivity index (χ1) is 17.3. The van der Waals surface area contributed by atoms with Crippen LogP contribution in [-0.4, -0.2) is 0 Å². The van der Waals surface area contributed by atoms with Gasteiger partial charge in [-0.15, -0.1) is 0 Å². The van der Waals surface area contributed by atoms with Crippen LogP contribution in [0.3, 0.4) is 0 Å². The van der Waals surface area contributed by atoms with Crippen molar-refractivity contribution in [1.82, 2.24) is 0 Å². The van der Waals surface area contributed by atoms with Crippen LogP contribution in [0.15, 0.2) is 59.7 Å². The maximum atomic E-state index is 2.59. The van der Waals surface area contributed by atoms with E-state index in [0.717, 1.165) is 7.25 Å². The molecule has 2 aromatic rings. The van der Waals surface area contributed by atoms with Crippen LogP contribution in [0.1, 0.15) is 133 Å². The van der Waals surface area contributed by atoms with Crippen molar-refractivity contribution in [3.05, 3.63) is 81.9 Å². The smallest absolute Gasteiger partial charge is 1.00 e. The molecular weight excluding hydrogens is 571 g/mol. The van der Waals surface area contributed by atoms with Gasteiger partial charge in [0, 0.05) is 0 Å². The van der Waals surface area contributed by atoms with Crippen LogP contribution in [0.4, 0.5) is 0 Å². The van der Waals surface area contributed by atoms with Gasteiger partial charge in [-0.25, -0.2) is 0 Å². The van der Waals surface area contributed by atoms with Crippen molar-refractivity contribution >= 4 is 12.2 Å². The molecule has 4 rings (SSSR count). The molecule has 2 unspecified atom stereocenters. The van der Waals surface area contributed by atoms with Crippen molar-refractivity contribution in [3.8, 4) is 0 Å². The summed E-state index contributed by atoms with van der Waals surface area (Å²) in [6, 6.07) is 18.7. The van der Waals surface area contributed by atoms with Crippen molar-refractivity contribution < 1.29 is 48.0 Å². The molecule has 37 heavy (non-hydrogen) atoms. The number of hydrogen-bond donors (Lipinski definition) is 0. The van der Waals surface area contributed by atoms with Gasteiger partial charge in [-0.05, 0) is 0 Å². The standard InChI is InChI=1S/2C17H23.2ClH.Zr/c2*1-2-3-4-5-6-7-10-15-13-16-11-8-9-12-17(16)14-15;;;/h2*8-9,11-14H,2-7,10H2,1H3;2*1H;/q;;;;+2/p-2. The molecule has 0 bridgehead atoms. The zero-order valence-corrected chi connectivity index (χ0v) is 27.1. The molecule has 0 N–H and O–H groups in total. The monoisotopic (exact) mass is 614 g/mol. The quantitative estimate of drug-likeness (QED) is 0.237. The number of unbranched alkanes of at least 4 members (excludes halogenated alkanes) is 10. The Balaban J connectivity index is 0.00000241. The second-order valence-corrected chi connectivity index (χ2v) is 14.4. The molecule has 0 heterocycles. The fourth-order valence-electron chi connectivity index (χ4n) is 5.99. The Bertz CT molecular complexity index is 913. The second kappa shape index (κ2) is 17.9. The molecule has 200 valence electrons. The summed E-state index contributed by atoms with van der Waals surface area (Å²) in [4.78, 5) is 0. The largest absolute Gasteiger partial charge is 1.00 e. The summed E-state index contributed by atoms with van der Waals surface area (Å²) >= 11 is -0.744. The van der Waals surface area contributed by atoms with E-state index in [1.54, 1.807) is 22.3 Å². The van der Waals surface area contributed by atoms with Crippen LogP contribution in [0, 0.1) is 0 Å². The van der Waals surface area contributed by atoms with Gasteiger partial charge in [0.05, 0.1) is 0 Å². The molecule has 0 saturated carbocycles. The van der Waals surface area contributed by atoms with Crippen molar-refractivity contribution in [1.29, 1.82) is 0 Å². The van der Waals surface area contributed by atoms with Gasteiger partial charge < -0.3 is 24.8 Å². The van der Waals surface area contributed by atoms with Crippen LogP contribution in [0.25, 0.3) is 12.2 Å². The maximum Gasteiger partial charge on any atom is -1.00 e. The molecular formula is C34H46Cl2Zr. The molecule has 0 saturated heterocycles. The Hall–Kier alpha value is -0.617. The SMILES string of the molecule is CCCCCCCCC1=Cc2ccccc2[CH]1[Zr+2][CH]1C(CCCCCCCC)=Cc2ccccc21.[Cl-].[Cl-]. The van der Waals surface area contributed by atoms with E-state index in [4.69, 9.17) is 0 Å². The molecule has 0 fully saturated rings. The summed E-state index contributed by atoms with van der Waals surface area (Å²) in [6.07, 6.45) is 24.5. The number of rotatable bonds is 16. The summed E-state index contributed by atoms with van der Waals surface area (Å²) in [7, 11) is 0. The Morgan fingerprint density at radius 1 is 0.514 bits per heavy atom. The van der Waals surface area contributed by atoms with Crippen molar-refractivity contribution in [3.63, 3.8) is 0 Å². The average Bonchev–Trinajstić information content (AvgIpc) is 3.41. The molecule has 0 nitrogen and oxygen atoms in total. The van der Waals surface area contributed by atoms with E-state index < -0.39 is 23.2 Å². The minimum Gasteiger partial charge on any atom is -1.00 e. The van der Waals surface area contributed by atoms with Gasteiger partial charge in [-0.1, -0.05) is 0 Å². The predicted molar refractivity (Wildman–Crippen MR) is 150 cm³/mol. The van der Waals surface area contributed by atoms with Crippen LogP contribution in [-0.2, 0) is 23.2 Å². The van der Waals surface area contributed by atoms with E-state index >= 15 is 0 Å². The van der Waals surface area contributed by atoms with Crippen LogP contribution < -0.4 is 24.8 Å². The Morgan fingerprint density at radius 3 is 1.32 bits per heavy atom. The topological polar surface area (TPSA) is 0 Å². The van der Waals surface area contributed by atoms with Crippen LogP contribution in [0.5, 0.6) is 0 Å². The molecule has 2 aromatic carbocycles. The fourth-order valence-corrected chi connectivity index (χ4v) is 11.2. The molecule has 3 heteroatoms. The first kappa shape index (κ1) is 32.6. The predicted octanol–water partition coefficient (Wildman–Crippen LogP) is 4.85. The van der Waals surface area contributed by atoms with Crippen LogP contribution >= 0.6 is 0 Å². The van der Waals surface area contributed by atoms with Crippen molar-refractivity contribution in [2.75, 3.05) is 0 Å². The summed E-state index contributed by atoms with van der Waals surface area (Å²) in [6.45, 7) is 4.63. The van der Waals surface area contributed by atoms with E-state index in [0.29, 0.717) is 0 Å². The third-order valence-corrected chi connectivity index (χ3v) is 13.0. The first-order valence-corrected chi connectivity index (χ1v) is 17.5. The third kappa shape index (κ3) is 9.22. The Morgan fingerprint density at radius 2 is 0.892 bits per heavy atom. The molecule has 0 aromatic heterocycles. The minimum absolute atomic E-state index is 0. The normalized spacial score (nSPS) is 17.1. The van der Waals surface area contributed by atoms with Gasteiger partial charge in [0.2, 0.25) is 0 Å². The van der Waals surface area contributed by atoms with Gasteiger partial charge in [0.25, 0.3) is 0 Å². The number of allylic oxidation sites excluding steroid dienone is 2. The molecule has 2 atom stereocenters. The molecule has 0 radical (unpaired) electrons. The number of benzene rings is 2. The van der Waals surface area contributed by atoms with Crippen molar-refractivity contribution in [2.45, 2.75) is 111 Å². The zero-order chi connectivity index (χ0) is 24.3. The average molecular weight is 617 g/mol. The van der Waals surface area contributed by atoms with Gasteiger partial charge in [-0.2, -0.15) is 0 Å². The number of halogens is 2. The molecule has 0 spiro atoms. The molecule has 2 aliphatic rings. The number of fused-ring (bicyclic) bond motifs is 2. The fraction of sp³-hybridized carbons (Fsp3) is 0.529. The second-order valence-electron chi connectivity index (χ2n) is 10.8. The van der Waals surface area contributed by atoms with Crippen LogP contribution in [0.2, 0.25) is 0 Å². The van der Waals surface area contributed by atoms with E-state index in [1.807, 2.05) is 0 Å². The summed E-state index contributed by atoms with van der Waals surface area (Å²) in [5.74, 6) is 0. The summed E-state index contributed by atoms with van der Waals surface area (Å²) in [5, 5.41) is 0. The first-order valence-electron chi connectivity index (χ1n) is 14.7. The maximum absolute atomic E-state index is 2.59. The molecule has 2 aliphatic carbocycles. The summed E-state index contributed by atoms with van der Waals surface area (Å²) < 4.78 is 1.52. The minimum atomic E-state index is -0.744. The van der Waals surface area contributed by atoms with Crippen molar-refractivity contribution in [2.24, 2.45) is 0 Å². The van der Waals surface area contributed by atoms with E-state index in [2.05, 4.69) is 74.5 Å². The van der Waals surface area contributed by atoms with Gasteiger partial charge >= 0.3 is 228 Å². The molecule has 0 aliphatic heterocycles. The van der Waals surface area contributed by atoms with Gasteiger partial charge in [0.15, 0.2) is 0 Å². The number of hydrogen-bond acceptors (Lipinski definition) is 0. The van der Waals surface area contributed by atoms with E-state index in [1.165, 1.54) is 101 Å². The van der Waals surface area contributed by atoms with E-state index in [-0.39, 0.29) is 24.8 Å².